The first-order valence-electron chi connectivity index (χ1n) is 7.03. The molecule has 1 unspecified atom stereocenters. The number of fused-ring (bicyclic) bond motifs is 1. The number of aromatic nitrogens is 2. The highest BCUT2D eigenvalue weighted by molar-refractivity contribution is 9.10. The number of halogens is 1. The number of aliphatic carboxylic acids is 1. The zero-order chi connectivity index (χ0) is 16.6. The minimum atomic E-state index is -1.25. The third-order valence-electron chi connectivity index (χ3n) is 3.79. The van der Waals surface area contributed by atoms with Gasteiger partial charge >= 0.3 is 5.97 Å². The molecule has 23 heavy (non-hydrogen) atoms. The smallest absolute Gasteiger partial charge is 0.332 e. The Bertz CT molecular complexity index is 787. The summed E-state index contributed by atoms with van der Waals surface area (Å²) in [4.78, 5) is 28.1. The predicted octanol–water partition coefficient (Wildman–Crippen LogP) is 1.85. The fraction of sp³-hybridized carbons (Fsp3) is 0.267. The second kappa shape index (κ2) is 6.04. The molecule has 7 nitrogen and oxygen atoms in total. The minimum Gasteiger partial charge on any atom is -0.507 e. The van der Waals surface area contributed by atoms with Crippen LogP contribution in [0.3, 0.4) is 0 Å². The van der Waals surface area contributed by atoms with Crippen molar-refractivity contribution in [3.8, 4) is 5.75 Å². The van der Waals surface area contributed by atoms with Crippen molar-refractivity contribution in [2.75, 3.05) is 0 Å². The summed E-state index contributed by atoms with van der Waals surface area (Å²) >= 11 is 3.22. The molecule has 0 bridgehead atoms. The number of benzene rings is 1. The largest absolute Gasteiger partial charge is 0.507 e. The number of aromatic hydroxyl groups is 1. The van der Waals surface area contributed by atoms with Gasteiger partial charge in [-0.05, 0) is 31.0 Å². The van der Waals surface area contributed by atoms with Gasteiger partial charge in [0, 0.05) is 16.7 Å². The minimum absolute atomic E-state index is 0.00137. The van der Waals surface area contributed by atoms with Gasteiger partial charge in [-0.25, -0.2) is 9.78 Å². The van der Waals surface area contributed by atoms with Crippen molar-refractivity contribution in [2.24, 2.45) is 0 Å². The number of phenols is 1. The summed E-state index contributed by atoms with van der Waals surface area (Å²) in [6, 6.07) is 3.13. The fourth-order valence-electron chi connectivity index (χ4n) is 2.69. The summed E-state index contributed by atoms with van der Waals surface area (Å²) in [6.45, 7) is 0.801. The van der Waals surface area contributed by atoms with E-state index < -0.39 is 17.9 Å². The molecule has 2 aromatic rings. The molecule has 1 aromatic heterocycles. The van der Waals surface area contributed by atoms with Gasteiger partial charge in [0.15, 0.2) is 6.04 Å². The number of nitrogens with one attached hydrogen (secondary N) is 1. The van der Waals surface area contributed by atoms with Gasteiger partial charge in [0.25, 0.3) is 5.91 Å². The van der Waals surface area contributed by atoms with Crippen molar-refractivity contribution >= 4 is 27.8 Å². The van der Waals surface area contributed by atoms with Gasteiger partial charge in [-0.3, -0.25) is 4.79 Å². The number of carboxylic acid groups (broad SMARTS) is 1. The summed E-state index contributed by atoms with van der Waals surface area (Å²) in [5, 5.41) is 21.7. The molecule has 1 amide bonds. The quantitative estimate of drug-likeness (QED) is 0.751. The molecular weight excluding hydrogens is 366 g/mol. The molecule has 8 heteroatoms. The van der Waals surface area contributed by atoms with Crippen LogP contribution in [0.2, 0.25) is 0 Å². The number of nitrogens with zero attached hydrogens (tertiary/aromatic N) is 2. The van der Waals surface area contributed by atoms with Crippen LogP contribution in [-0.4, -0.2) is 31.6 Å². The van der Waals surface area contributed by atoms with Crippen molar-refractivity contribution in [2.45, 2.75) is 25.4 Å². The Balaban J connectivity index is 1.89. The first kappa shape index (κ1) is 15.5. The average Bonchev–Trinajstić information content (AvgIpc) is 3.10. The molecule has 3 rings (SSSR count). The number of carbonyl (C=O) groups is 2. The third-order valence-corrected chi connectivity index (χ3v) is 4.28. The second-order valence-corrected chi connectivity index (χ2v) is 6.20. The average molecular weight is 380 g/mol. The third kappa shape index (κ3) is 2.94. The molecule has 0 saturated heterocycles. The van der Waals surface area contributed by atoms with Gasteiger partial charge in [-0.2, -0.15) is 0 Å². The van der Waals surface area contributed by atoms with E-state index in [4.69, 9.17) is 0 Å². The van der Waals surface area contributed by atoms with E-state index in [2.05, 4.69) is 26.2 Å². The summed E-state index contributed by atoms with van der Waals surface area (Å²) in [7, 11) is 0. The molecule has 0 aliphatic carbocycles. The van der Waals surface area contributed by atoms with Crippen LogP contribution >= 0.6 is 15.9 Å². The van der Waals surface area contributed by atoms with E-state index in [9.17, 15) is 19.8 Å². The van der Waals surface area contributed by atoms with E-state index in [1.165, 1.54) is 12.1 Å². The molecular formula is C15H14BrN3O4. The zero-order valence-electron chi connectivity index (χ0n) is 12.0. The van der Waals surface area contributed by atoms with Crippen LogP contribution in [0.5, 0.6) is 5.75 Å². The van der Waals surface area contributed by atoms with Gasteiger partial charge in [0.2, 0.25) is 0 Å². The normalized spacial score (nSPS) is 14.3. The first-order chi connectivity index (χ1) is 11.0. The molecule has 2 heterocycles. The van der Waals surface area contributed by atoms with Crippen molar-refractivity contribution in [3.63, 3.8) is 0 Å². The summed E-state index contributed by atoms with van der Waals surface area (Å²) in [5.74, 6) is -2.08. The molecule has 1 aliphatic rings. The topological polar surface area (TPSA) is 104 Å². The number of imidazole rings is 1. The highest BCUT2D eigenvalue weighted by atomic mass is 79.9. The van der Waals surface area contributed by atoms with Crippen molar-refractivity contribution in [3.05, 3.63) is 46.0 Å². The van der Waals surface area contributed by atoms with Crippen molar-refractivity contribution in [1.29, 1.82) is 0 Å². The standard InChI is InChI=1S/C15H14BrN3O4/c16-8-3-4-11(20)9(6-8)14(21)18-13(15(22)23)12-10-2-1-5-19(10)7-17-12/h3-4,6-7,13,20H,1-2,5H2,(H,18,21)(H,22,23). The Labute approximate surface area is 140 Å². The Hall–Kier alpha value is -2.35. The Morgan fingerprint density at radius 3 is 2.91 bits per heavy atom. The first-order valence-corrected chi connectivity index (χ1v) is 7.82. The van der Waals surface area contributed by atoms with Crippen LogP contribution in [0.15, 0.2) is 29.0 Å². The predicted molar refractivity (Wildman–Crippen MR) is 84.2 cm³/mol. The van der Waals surface area contributed by atoms with E-state index in [0.29, 0.717) is 10.2 Å². The molecule has 1 aliphatic heterocycles. The van der Waals surface area contributed by atoms with E-state index in [1.807, 2.05) is 4.57 Å². The lowest BCUT2D eigenvalue weighted by molar-refractivity contribution is -0.139. The number of carbonyl (C=O) groups excluding carboxylic acids is 1. The van der Waals surface area contributed by atoms with Gasteiger partial charge in [-0.1, -0.05) is 15.9 Å². The van der Waals surface area contributed by atoms with Crippen molar-refractivity contribution < 1.29 is 19.8 Å². The molecule has 3 N–H and O–H groups in total. The highest BCUT2D eigenvalue weighted by Crippen LogP contribution is 2.26. The van der Waals surface area contributed by atoms with Crippen LogP contribution < -0.4 is 5.32 Å². The lowest BCUT2D eigenvalue weighted by Crippen LogP contribution is -2.34. The van der Waals surface area contributed by atoms with Crippen molar-refractivity contribution in [1.82, 2.24) is 14.9 Å². The van der Waals surface area contributed by atoms with Gasteiger partial charge in [0.1, 0.15) is 5.75 Å². The molecule has 0 fully saturated rings. The van der Waals surface area contributed by atoms with E-state index in [1.54, 1.807) is 12.4 Å². The summed E-state index contributed by atoms with van der Waals surface area (Å²) < 4.78 is 2.50. The number of rotatable bonds is 4. The Morgan fingerprint density at radius 2 is 2.17 bits per heavy atom. The number of hydrogen-bond acceptors (Lipinski definition) is 4. The molecule has 0 radical (unpaired) electrons. The Morgan fingerprint density at radius 1 is 1.39 bits per heavy atom. The van der Waals surface area contributed by atoms with E-state index >= 15 is 0 Å². The second-order valence-electron chi connectivity index (χ2n) is 5.28. The van der Waals surface area contributed by atoms with Crippen LogP contribution in [-0.2, 0) is 17.8 Å². The number of phenolic OH excluding ortho intramolecular Hbond substituents is 1. The Kier molecular flexibility index (Phi) is 4.08. The van der Waals surface area contributed by atoms with E-state index in [0.717, 1.165) is 25.1 Å². The molecule has 1 aromatic carbocycles. The van der Waals surface area contributed by atoms with Gasteiger partial charge in [-0.15, -0.1) is 0 Å². The summed E-state index contributed by atoms with van der Waals surface area (Å²) in [6.07, 6.45) is 3.25. The maximum absolute atomic E-state index is 12.3. The maximum Gasteiger partial charge on any atom is 0.332 e. The molecule has 120 valence electrons. The lowest BCUT2D eigenvalue weighted by atomic mass is 10.1. The van der Waals surface area contributed by atoms with E-state index in [-0.39, 0.29) is 11.3 Å². The van der Waals surface area contributed by atoms with Crippen LogP contribution in [0, 0.1) is 0 Å². The highest BCUT2D eigenvalue weighted by Gasteiger charge is 2.30. The zero-order valence-corrected chi connectivity index (χ0v) is 13.6. The summed E-state index contributed by atoms with van der Waals surface area (Å²) in [5.41, 5.74) is 1.18. The van der Waals surface area contributed by atoms with Gasteiger partial charge < -0.3 is 20.1 Å². The number of hydrogen-bond donors (Lipinski definition) is 3. The molecule has 1 atom stereocenters. The fourth-order valence-corrected chi connectivity index (χ4v) is 3.05. The molecule has 0 saturated carbocycles. The van der Waals surface area contributed by atoms with Gasteiger partial charge in [0.05, 0.1) is 17.6 Å². The number of aryl methyl sites for hydroxylation is 1. The SMILES string of the molecule is O=C(NC(C(=O)O)c1ncn2c1CCC2)c1cc(Br)ccc1O. The lowest BCUT2D eigenvalue weighted by Gasteiger charge is -2.14. The molecule has 0 spiro atoms. The van der Waals surface area contributed by atoms with Crippen LogP contribution in [0.1, 0.15) is 34.2 Å². The maximum atomic E-state index is 12.3. The monoisotopic (exact) mass is 379 g/mol. The number of amides is 1. The number of carboxylic acids is 1. The van der Waals surface area contributed by atoms with Crippen LogP contribution in [0.4, 0.5) is 0 Å². The van der Waals surface area contributed by atoms with Crippen LogP contribution in [0.25, 0.3) is 0 Å².